The van der Waals surface area contributed by atoms with Gasteiger partial charge in [0.05, 0.1) is 13.2 Å². The fourth-order valence-corrected chi connectivity index (χ4v) is 2.88. The zero-order chi connectivity index (χ0) is 15.1. The van der Waals surface area contributed by atoms with Gasteiger partial charge in [0, 0.05) is 0 Å². The van der Waals surface area contributed by atoms with Crippen LogP contribution in [-0.4, -0.2) is 35.6 Å². The summed E-state index contributed by atoms with van der Waals surface area (Å²) >= 11 is 0. The van der Waals surface area contributed by atoms with Crippen molar-refractivity contribution in [1.29, 1.82) is 0 Å². The van der Waals surface area contributed by atoms with Crippen LogP contribution in [0.15, 0.2) is 48.5 Å². The predicted octanol–water partition coefficient (Wildman–Crippen LogP) is 2.22. The summed E-state index contributed by atoms with van der Waals surface area (Å²) in [5, 5.41) is 20.9. The molecule has 0 bridgehead atoms. The first-order valence-corrected chi connectivity index (χ1v) is 7.53. The van der Waals surface area contributed by atoms with E-state index in [4.69, 9.17) is 9.47 Å². The van der Waals surface area contributed by atoms with Crippen LogP contribution in [0.4, 0.5) is 0 Å². The maximum Gasteiger partial charge on any atom is 0.111 e. The Morgan fingerprint density at radius 1 is 0.727 bits per heavy atom. The standard InChI is InChI=1S/C18H18O4/c19-17(15-9-21-15)13-7-3-1-5-11(13)12-6-2-4-8-14(12)18(20)16-10-22-16/h1-8,15-20H,9-10H2. The lowest BCUT2D eigenvalue weighted by Crippen LogP contribution is -2.10. The average Bonchev–Trinajstić information content (AvgIpc) is 3.45. The lowest BCUT2D eigenvalue weighted by Gasteiger charge is -2.18. The first-order chi connectivity index (χ1) is 10.8. The van der Waals surface area contributed by atoms with Crippen molar-refractivity contribution in [3.8, 4) is 11.1 Å². The molecule has 2 aliphatic rings. The summed E-state index contributed by atoms with van der Waals surface area (Å²) in [6.07, 6.45) is -1.52. The molecule has 4 heteroatoms. The second kappa shape index (κ2) is 5.48. The van der Waals surface area contributed by atoms with Crippen LogP contribution in [-0.2, 0) is 9.47 Å². The molecule has 4 rings (SSSR count). The van der Waals surface area contributed by atoms with Crippen LogP contribution >= 0.6 is 0 Å². The fraction of sp³-hybridized carbons (Fsp3) is 0.333. The molecule has 22 heavy (non-hydrogen) atoms. The zero-order valence-electron chi connectivity index (χ0n) is 12.1. The molecule has 114 valence electrons. The summed E-state index contributed by atoms with van der Waals surface area (Å²) in [4.78, 5) is 0. The molecule has 2 fully saturated rings. The highest BCUT2D eigenvalue weighted by atomic mass is 16.6. The summed E-state index contributed by atoms with van der Waals surface area (Å²) in [5.41, 5.74) is 3.53. The van der Waals surface area contributed by atoms with E-state index in [9.17, 15) is 10.2 Å². The van der Waals surface area contributed by atoms with Gasteiger partial charge in [-0.3, -0.25) is 0 Å². The van der Waals surface area contributed by atoms with E-state index in [1.807, 2.05) is 48.5 Å². The number of epoxide rings is 2. The maximum absolute atomic E-state index is 10.4. The molecule has 0 amide bonds. The van der Waals surface area contributed by atoms with Gasteiger partial charge in [-0.15, -0.1) is 0 Å². The SMILES string of the molecule is OC(c1ccccc1-c1ccccc1C(O)C1CO1)C1CO1. The number of hydrogen-bond donors (Lipinski definition) is 2. The van der Waals surface area contributed by atoms with Crippen LogP contribution in [0.25, 0.3) is 11.1 Å². The van der Waals surface area contributed by atoms with E-state index in [0.717, 1.165) is 22.3 Å². The third kappa shape index (κ3) is 2.55. The van der Waals surface area contributed by atoms with Crippen molar-refractivity contribution in [2.24, 2.45) is 0 Å². The molecule has 0 aromatic heterocycles. The van der Waals surface area contributed by atoms with Crippen molar-refractivity contribution in [2.75, 3.05) is 13.2 Å². The molecule has 0 spiro atoms. The molecule has 2 saturated heterocycles. The largest absolute Gasteiger partial charge is 0.386 e. The van der Waals surface area contributed by atoms with Crippen LogP contribution in [0, 0.1) is 0 Å². The Balaban J connectivity index is 1.78. The molecule has 2 heterocycles. The van der Waals surface area contributed by atoms with Crippen LogP contribution in [0.1, 0.15) is 23.3 Å². The van der Waals surface area contributed by atoms with Crippen LogP contribution in [0.3, 0.4) is 0 Å². The van der Waals surface area contributed by atoms with Gasteiger partial charge in [-0.25, -0.2) is 0 Å². The Labute approximate surface area is 128 Å². The molecule has 0 radical (unpaired) electrons. The molecule has 2 aromatic rings. The molecule has 0 aliphatic carbocycles. The van der Waals surface area contributed by atoms with Gasteiger partial charge in [-0.05, 0) is 22.3 Å². The lowest BCUT2D eigenvalue weighted by atomic mass is 9.89. The molecular weight excluding hydrogens is 280 g/mol. The van der Waals surface area contributed by atoms with Gasteiger partial charge < -0.3 is 19.7 Å². The number of aliphatic hydroxyl groups excluding tert-OH is 2. The molecule has 0 saturated carbocycles. The van der Waals surface area contributed by atoms with Crippen LogP contribution in [0.2, 0.25) is 0 Å². The Bertz CT molecular complexity index is 617. The van der Waals surface area contributed by atoms with Gasteiger partial charge in [0.15, 0.2) is 0 Å². The smallest absolute Gasteiger partial charge is 0.111 e. The topological polar surface area (TPSA) is 65.5 Å². The number of aliphatic hydroxyl groups is 2. The van der Waals surface area contributed by atoms with Gasteiger partial charge in [0.1, 0.15) is 24.4 Å². The molecule has 2 aromatic carbocycles. The highest BCUT2D eigenvalue weighted by Gasteiger charge is 2.36. The number of benzene rings is 2. The molecule has 2 aliphatic heterocycles. The number of ether oxygens (including phenoxy) is 2. The second-order valence-electron chi connectivity index (χ2n) is 5.81. The first kappa shape index (κ1) is 13.9. The van der Waals surface area contributed by atoms with Crippen molar-refractivity contribution in [1.82, 2.24) is 0 Å². The summed E-state index contributed by atoms with van der Waals surface area (Å²) in [7, 11) is 0. The van der Waals surface area contributed by atoms with Gasteiger partial charge >= 0.3 is 0 Å². The van der Waals surface area contributed by atoms with Gasteiger partial charge in [0.25, 0.3) is 0 Å². The minimum Gasteiger partial charge on any atom is -0.386 e. The van der Waals surface area contributed by atoms with Crippen molar-refractivity contribution in [3.05, 3.63) is 59.7 Å². The first-order valence-electron chi connectivity index (χ1n) is 7.53. The molecule has 4 atom stereocenters. The lowest BCUT2D eigenvalue weighted by molar-refractivity contribution is 0.135. The van der Waals surface area contributed by atoms with Gasteiger partial charge in [-0.2, -0.15) is 0 Å². The van der Waals surface area contributed by atoms with Crippen molar-refractivity contribution in [2.45, 2.75) is 24.4 Å². The van der Waals surface area contributed by atoms with E-state index in [1.165, 1.54) is 0 Å². The minimum absolute atomic E-state index is 0.120. The number of hydrogen-bond acceptors (Lipinski definition) is 4. The van der Waals surface area contributed by atoms with Crippen molar-refractivity contribution < 1.29 is 19.7 Å². The van der Waals surface area contributed by atoms with Crippen molar-refractivity contribution in [3.63, 3.8) is 0 Å². The highest BCUT2D eigenvalue weighted by Crippen LogP contribution is 2.39. The Hall–Kier alpha value is -1.72. The zero-order valence-corrected chi connectivity index (χ0v) is 12.1. The van der Waals surface area contributed by atoms with Gasteiger partial charge in [0.2, 0.25) is 0 Å². The minimum atomic E-state index is -0.640. The Kier molecular flexibility index (Phi) is 3.47. The van der Waals surface area contributed by atoms with Crippen molar-refractivity contribution >= 4 is 0 Å². The average molecular weight is 298 g/mol. The van der Waals surface area contributed by atoms with E-state index in [1.54, 1.807) is 0 Å². The third-order valence-corrected chi connectivity index (χ3v) is 4.27. The summed E-state index contributed by atoms with van der Waals surface area (Å²) < 4.78 is 10.4. The monoisotopic (exact) mass is 298 g/mol. The quantitative estimate of drug-likeness (QED) is 0.831. The number of rotatable bonds is 5. The molecular formula is C18H18O4. The fourth-order valence-electron chi connectivity index (χ4n) is 2.88. The predicted molar refractivity (Wildman–Crippen MR) is 81.3 cm³/mol. The molecule has 4 nitrogen and oxygen atoms in total. The van der Waals surface area contributed by atoms with E-state index in [-0.39, 0.29) is 12.2 Å². The Morgan fingerprint density at radius 2 is 1.09 bits per heavy atom. The van der Waals surface area contributed by atoms with E-state index >= 15 is 0 Å². The van der Waals surface area contributed by atoms with Crippen LogP contribution in [0.5, 0.6) is 0 Å². The molecule has 4 unspecified atom stereocenters. The molecule has 2 N–H and O–H groups in total. The highest BCUT2D eigenvalue weighted by molar-refractivity contribution is 5.72. The Morgan fingerprint density at radius 3 is 1.45 bits per heavy atom. The second-order valence-corrected chi connectivity index (χ2v) is 5.81. The normalized spacial score (nSPS) is 25.5. The van der Waals surface area contributed by atoms with E-state index in [2.05, 4.69) is 0 Å². The summed E-state index contributed by atoms with van der Waals surface area (Å²) in [5.74, 6) is 0. The van der Waals surface area contributed by atoms with E-state index in [0.29, 0.717) is 13.2 Å². The van der Waals surface area contributed by atoms with Crippen LogP contribution < -0.4 is 0 Å². The van der Waals surface area contributed by atoms with E-state index < -0.39 is 12.2 Å². The summed E-state index contributed by atoms with van der Waals surface area (Å²) in [6.45, 7) is 1.19. The summed E-state index contributed by atoms with van der Waals surface area (Å²) in [6, 6.07) is 15.5. The third-order valence-electron chi connectivity index (χ3n) is 4.27. The van der Waals surface area contributed by atoms with Gasteiger partial charge in [-0.1, -0.05) is 48.5 Å². The maximum atomic E-state index is 10.4.